The summed E-state index contributed by atoms with van der Waals surface area (Å²) in [6, 6.07) is 7.57. The maximum absolute atomic E-state index is 12.3. The fraction of sp³-hybridized carbons (Fsp3) is 0.500. The smallest absolute Gasteiger partial charge is 0.313 e. The molecule has 0 spiro atoms. The van der Waals surface area contributed by atoms with Crippen LogP contribution in [0.2, 0.25) is 0 Å². The lowest BCUT2D eigenvalue weighted by molar-refractivity contribution is -0.143. The van der Waals surface area contributed by atoms with E-state index in [4.69, 9.17) is 4.74 Å². The second kappa shape index (κ2) is 7.43. The molecule has 2 heterocycles. The topological polar surface area (TPSA) is 73.9 Å². The summed E-state index contributed by atoms with van der Waals surface area (Å²) in [7, 11) is 0. The summed E-state index contributed by atoms with van der Waals surface area (Å²) in [5, 5.41) is 5.94. The molecule has 124 valence electrons. The molecule has 23 heavy (non-hydrogen) atoms. The Kier molecular flexibility index (Phi) is 5.09. The van der Waals surface area contributed by atoms with Gasteiger partial charge in [0.2, 0.25) is 0 Å². The Bertz CT molecular complexity index is 566. The van der Waals surface area contributed by atoms with E-state index in [1.54, 1.807) is 4.90 Å². The highest BCUT2D eigenvalue weighted by Crippen LogP contribution is 2.26. The molecule has 0 bridgehead atoms. The van der Waals surface area contributed by atoms with Gasteiger partial charge in [0.15, 0.2) is 0 Å². The third-order valence-corrected chi connectivity index (χ3v) is 4.10. The highest BCUT2D eigenvalue weighted by molar-refractivity contribution is 6.39. The molecule has 0 radical (unpaired) electrons. The second-order valence-corrected chi connectivity index (χ2v) is 5.61. The molecule has 0 saturated carbocycles. The lowest BCUT2D eigenvalue weighted by Crippen LogP contribution is -2.50. The molecule has 1 aromatic carbocycles. The van der Waals surface area contributed by atoms with Crippen molar-refractivity contribution >= 4 is 23.2 Å². The standard InChI is InChI=1S/C16H22N4O3/c21-15(16(22)20-7-5-17-6-8-20)18-13-3-1-2-4-14(13)19-9-11-23-12-10-19/h1-4,17H,5-12H2,(H,18,21). The van der Waals surface area contributed by atoms with Crippen LogP contribution in [0.4, 0.5) is 11.4 Å². The molecule has 1 aromatic rings. The van der Waals surface area contributed by atoms with Crippen molar-refractivity contribution in [3.05, 3.63) is 24.3 Å². The highest BCUT2D eigenvalue weighted by atomic mass is 16.5. The third kappa shape index (κ3) is 3.80. The molecule has 0 aliphatic carbocycles. The Morgan fingerprint density at radius 3 is 2.48 bits per heavy atom. The van der Waals surface area contributed by atoms with E-state index in [1.807, 2.05) is 24.3 Å². The maximum atomic E-state index is 12.3. The molecule has 2 aliphatic rings. The van der Waals surface area contributed by atoms with Crippen molar-refractivity contribution in [1.82, 2.24) is 10.2 Å². The van der Waals surface area contributed by atoms with Crippen LogP contribution < -0.4 is 15.5 Å². The van der Waals surface area contributed by atoms with Crippen molar-refractivity contribution in [3.63, 3.8) is 0 Å². The molecular weight excluding hydrogens is 296 g/mol. The molecule has 3 rings (SSSR count). The lowest BCUT2D eigenvalue weighted by atomic mass is 10.2. The number of hydrogen-bond acceptors (Lipinski definition) is 5. The third-order valence-electron chi connectivity index (χ3n) is 4.10. The summed E-state index contributed by atoms with van der Waals surface area (Å²) in [6.07, 6.45) is 0. The molecule has 2 aliphatic heterocycles. The van der Waals surface area contributed by atoms with E-state index < -0.39 is 11.8 Å². The van der Waals surface area contributed by atoms with Gasteiger partial charge in [0.05, 0.1) is 24.6 Å². The SMILES string of the molecule is O=C(Nc1ccccc1N1CCOCC1)C(=O)N1CCNCC1. The largest absolute Gasteiger partial charge is 0.378 e. The Morgan fingerprint density at radius 1 is 1.04 bits per heavy atom. The fourth-order valence-electron chi connectivity index (χ4n) is 2.85. The van der Waals surface area contributed by atoms with E-state index in [9.17, 15) is 9.59 Å². The van der Waals surface area contributed by atoms with Crippen LogP contribution in [0.25, 0.3) is 0 Å². The molecule has 0 aromatic heterocycles. The Balaban J connectivity index is 1.69. The molecule has 2 fully saturated rings. The van der Waals surface area contributed by atoms with Crippen LogP contribution >= 0.6 is 0 Å². The van der Waals surface area contributed by atoms with Crippen LogP contribution in [0.1, 0.15) is 0 Å². The number of nitrogens with one attached hydrogen (secondary N) is 2. The Labute approximate surface area is 135 Å². The van der Waals surface area contributed by atoms with Crippen LogP contribution in [0.5, 0.6) is 0 Å². The van der Waals surface area contributed by atoms with E-state index in [2.05, 4.69) is 15.5 Å². The number of ether oxygens (including phenoxy) is 1. The average molecular weight is 318 g/mol. The minimum Gasteiger partial charge on any atom is -0.378 e. The number of anilines is 2. The first kappa shape index (κ1) is 15.8. The first-order chi connectivity index (χ1) is 11.3. The van der Waals surface area contributed by atoms with Gasteiger partial charge in [-0.05, 0) is 12.1 Å². The summed E-state index contributed by atoms with van der Waals surface area (Å²) < 4.78 is 5.36. The van der Waals surface area contributed by atoms with E-state index in [0.717, 1.165) is 31.9 Å². The zero-order chi connectivity index (χ0) is 16.1. The fourth-order valence-corrected chi connectivity index (χ4v) is 2.85. The zero-order valence-corrected chi connectivity index (χ0v) is 13.1. The van der Waals surface area contributed by atoms with Gasteiger partial charge >= 0.3 is 11.8 Å². The lowest BCUT2D eigenvalue weighted by Gasteiger charge is -2.31. The first-order valence-electron chi connectivity index (χ1n) is 7.98. The van der Waals surface area contributed by atoms with Crippen LogP contribution in [-0.2, 0) is 14.3 Å². The number of benzene rings is 1. The second-order valence-electron chi connectivity index (χ2n) is 5.61. The van der Waals surface area contributed by atoms with Gasteiger partial charge in [0.25, 0.3) is 0 Å². The van der Waals surface area contributed by atoms with Crippen molar-refractivity contribution in [2.24, 2.45) is 0 Å². The number of morpholine rings is 1. The Morgan fingerprint density at radius 2 is 1.74 bits per heavy atom. The Hall–Kier alpha value is -2.12. The van der Waals surface area contributed by atoms with Crippen LogP contribution in [0.3, 0.4) is 0 Å². The van der Waals surface area contributed by atoms with Gasteiger partial charge < -0.3 is 25.2 Å². The van der Waals surface area contributed by atoms with Crippen molar-refractivity contribution in [3.8, 4) is 0 Å². The molecule has 0 unspecified atom stereocenters. The summed E-state index contributed by atoms with van der Waals surface area (Å²) in [5.74, 6) is -1.05. The van der Waals surface area contributed by atoms with Crippen LogP contribution in [-0.4, -0.2) is 69.2 Å². The van der Waals surface area contributed by atoms with Gasteiger partial charge in [-0.25, -0.2) is 0 Å². The van der Waals surface area contributed by atoms with Crippen molar-refractivity contribution < 1.29 is 14.3 Å². The van der Waals surface area contributed by atoms with E-state index >= 15 is 0 Å². The molecule has 0 atom stereocenters. The van der Waals surface area contributed by atoms with Crippen molar-refractivity contribution in [2.75, 3.05) is 62.7 Å². The van der Waals surface area contributed by atoms with Crippen molar-refractivity contribution in [2.45, 2.75) is 0 Å². The van der Waals surface area contributed by atoms with Crippen LogP contribution in [0, 0.1) is 0 Å². The monoisotopic (exact) mass is 318 g/mol. The molecule has 2 saturated heterocycles. The van der Waals surface area contributed by atoms with Crippen molar-refractivity contribution in [1.29, 1.82) is 0 Å². The molecule has 7 heteroatoms. The number of rotatable bonds is 2. The maximum Gasteiger partial charge on any atom is 0.313 e. The van der Waals surface area contributed by atoms with Gasteiger partial charge in [0, 0.05) is 39.3 Å². The quantitative estimate of drug-likeness (QED) is 0.745. The molecular formula is C16H22N4O3. The van der Waals surface area contributed by atoms with E-state index in [1.165, 1.54) is 0 Å². The first-order valence-corrected chi connectivity index (χ1v) is 7.98. The number of nitrogens with zero attached hydrogens (tertiary/aromatic N) is 2. The number of carbonyl (C=O) groups excluding carboxylic acids is 2. The minimum absolute atomic E-state index is 0.469. The summed E-state index contributed by atoms with van der Waals surface area (Å²) in [4.78, 5) is 28.3. The molecule has 2 amide bonds. The minimum atomic E-state index is -0.576. The summed E-state index contributed by atoms with van der Waals surface area (Å²) in [5.41, 5.74) is 1.60. The normalized spacial score (nSPS) is 18.6. The predicted molar refractivity (Wildman–Crippen MR) is 87.6 cm³/mol. The summed E-state index contributed by atoms with van der Waals surface area (Å²) >= 11 is 0. The predicted octanol–water partition coefficient (Wildman–Crippen LogP) is -0.106. The number of carbonyl (C=O) groups is 2. The average Bonchev–Trinajstić information content (AvgIpc) is 2.63. The highest BCUT2D eigenvalue weighted by Gasteiger charge is 2.24. The number of hydrogen-bond donors (Lipinski definition) is 2. The number of amides is 2. The van der Waals surface area contributed by atoms with Gasteiger partial charge in [-0.1, -0.05) is 12.1 Å². The molecule has 2 N–H and O–H groups in total. The van der Waals surface area contributed by atoms with E-state index in [0.29, 0.717) is 32.0 Å². The number of para-hydroxylation sites is 2. The van der Waals surface area contributed by atoms with E-state index in [-0.39, 0.29) is 0 Å². The van der Waals surface area contributed by atoms with Gasteiger partial charge in [-0.2, -0.15) is 0 Å². The van der Waals surface area contributed by atoms with Gasteiger partial charge in [-0.15, -0.1) is 0 Å². The van der Waals surface area contributed by atoms with Gasteiger partial charge in [-0.3, -0.25) is 9.59 Å². The van der Waals surface area contributed by atoms with Crippen LogP contribution in [0.15, 0.2) is 24.3 Å². The zero-order valence-electron chi connectivity index (χ0n) is 13.1. The number of piperazine rings is 1. The summed E-state index contributed by atoms with van der Waals surface area (Å²) in [6.45, 7) is 5.47. The molecule has 7 nitrogen and oxygen atoms in total. The van der Waals surface area contributed by atoms with Gasteiger partial charge in [0.1, 0.15) is 0 Å².